The summed E-state index contributed by atoms with van der Waals surface area (Å²) in [6, 6.07) is 5.29. The van der Waals surface area contributed by atoms with Gasteiger partial charge in [0, 0.05) is 6.07 Å². The van der Waals surface area contributed by atoms with Gasteiger partial charge in [-0.2, -0.15) is 0 Å². The van der Waals surface area contributed by atoms with Gasteiger partial charge in [-0.25, -0.2) is 0 Å². The Morgan fingerprint density at radius 1 is 1.33 bits per heavy atom. The van der Waals surface area contributed by atoms with E-state index < -0.39 is 0 Å². The molecule has 4 nitrogen and oxygen atoms in total. The summed E-state index contributed by atoms with van der Waals surface area (Å²) in [7, 11) is 0. The van der Waals surface area contributed by atoms with Gasteiger partial charge in [0.1, 0.15) is 5.76 Å². The first-order valence-electron chi connectivity index (χ1n) is 4.20. The molecule has 0 spiro atoms. The van der Waals surface area contributed by atoms with Crippen LogP contribution in [0.25, 0.3) is 0 Å². The summed E-state index contributed by atoms with van der Waals surface area (Å²) in [5.74, 6) is 0.805. The zero-order valence-electron chi connectivity index (χ0n) is 7.58. The van der Waals surface area contributed by atoms with Gasteiger partial charge < -0.3 is 9.73 Å². The van der Waals surface area contributed by atoms with Crippen molar-refractivity contribution in [2.45, 2.75) is 6.54 Å². The van der Waals surface area contributed by atoms with Gasteiger partial charge in [0.2, 0.25) is 0 Å². The zero-order valence-corrected chi connectivity index (χ0v) is 9.09. The van der Waals surface area contributed by atoms with E-state index >= 15 is 0 Å². The van der Waals surface area contributed by atoms with Crippen molar-refractivity contribution in [1.82, 2.24) is 10.2 Å². The van der Waals surface area contributed by atoms with Crippen molar-refractivity contribution >= 4 is 28.9 Å². The van der Waals surface area contributed by atoms with Crippen LogP contribution in [-0.4, -0.2) is 10.2 Å². The van der Waals surface area contributed by atoms with Crippen molar-refractivity contribution in [1.29, 1.82) is 0 Å². The molecular weight excluding hydrogens is 237 g/mol. The van der Waals surface area contributed by atoms with E-state index in [4.69, 9.17) is 27.6 Å². The van der Waals surface area contributed by atoms with E-state index in [9.17, 15) is 0 Å². The van der Waals surface area contributed by atoms with Crippen LogP contribution < -0.4 is 5.32 Å². The number of hydrogen-bond acceptors (Lipinski definition) is 4. The quantitative estimate of drug-likeness (QED) is 0.901. The average molecular weight is 244 g/mol. The fourth-order valence-electron chi connectivity index (χ4n) is 1.07. The Bertz CT molecular complexity index is 445. The summed E-state index contributed by atoms with van der Waals surface area (Å²) in [5.41, 5.74) is 0.632. The van der Waals surface area contributed by atoms with Crippen LogP contribution in [0.5, 0.6) is 0 Å². The van der Waals surface area contributed by atoms with E-state index in [2.05, 4.69) is 15.5 Å². The average Bonchev–Trinajstić information content (AvgIpc) is 2.72. The lowest BCUT2D eigenvalue weighted by atomic mass is 10.4. The van der Waals surface area contributed by atoms with Crippen molar-refractivity contribution in [3.05, 3.63) is 40.5 Å². The number of rotatable bonds is 3. The Morgan fingerprint density at radius 3 is 2.93 bits per heavy atom. The van der Waals surface area contributed by atoms with Crippen molar-refractivity contribution in [2.24, 2.45) is 0 Å². The number of aromatic nitrogens is 2. The highest BCUT2D eigenvalue weighted by atomic mass is 35.5. The number of halogens is 2. The van der Waals surface area contributed by atoms with E-state index in [1.54, 1.807) is 12.3 Å². The Hall–Kier alpha value is -1.26. The normalized spacial score (nSPS) is 10.3. The van der Waals surface area contributed by atoms with Crippen LogP contribution in [0.2, 0.25) is 10.3 Å². The molecule has 0 aliphatic rings. The molecule has 15 heavy (non-hydrogen) atoms. The van der Waals surface area contributed by atoms with Crippen molar-refractivity contribution in [3.63, 3.8) is 0 Å². The van der Waals surface area contributed by atoms with Gasteiger partial charge in [0.05, 0.1) is 18.5 Å². The first kappa shape index (κ1) is 10.3. The molecule has 2 heterocycles. The SMILES string of the molecule is Clc1cc(NCc2ccco2)c(Cl)nn1. The Balaban J connectivity index is 2.07. The maximum absolute atomic E-state index is 5.81. The minimum Gasteiger partial charge on any atom is -0.467 e. The predicted molar refractivity (Wildman–Crippen MR) is 58.1 cm³/mol. The molecule has 6 heteroatoms. The molecule has 2 aromatic rings. The molecule has 0 radical (unpaired) electrons. The first-order valence-corrected chi connectivity index (χ1v) is 4.96. The lowest BCUT2D eigenvalue weighted by molar-refractivity contribution is 0.518. The van der Waals surface area contributed by atoms with E-state index in [0.717, 1.165) is 5.76 Å². The molecule has 1 N–H and O–H groups in total. The maximum atomic E-state index is 5.81. The lowest BCUT2D eigenvalue weighted by Gasteiger charge is -2.05. The summed E-state index contributed by atoms with van der Waals surface area (Å²) in [4.78, 5) is 0. The summed E-state index contributed by atoms with van der Waals surface area (Å²) < 4.78 is 5.15. The molecule has 0 fully saturated rings. The molecular formula is C9H7Cl2N3O. The summed E-state index contributed by atoms with van der Waals surface area (Å²) in [6.45, 7) is 0.523. The highest BCUT2D eigenvalue weighted by Crippen LogP contribution is 2.21. The first-order chi connectivity index (χ1) is 7.25. The van der Waals surface area contributed by atoms with E-state index in [-0.39, 0.29) is 5.15 Å². The van der Waals surface area contributed by atoms with Crippen LogP contribution >= 0.6 is 23.2 Å². The molecule has 0 bridgehead atoms. The third-order valence-electron chi connectivity index (χ3n) is 1.75. The zero-order chi connectivity index (χ0) is 10.7. The van der Waals surface area contributed by atoms with Crippen molar-refractivity contribution in [3.8, 4) is 0 Å². The number of furan rings is 1. The topological polar surface area (TPSA) is 51.0 Å². The highest BCUT2D eigenvalue weighted by molar-refractivity contribution is 6.33. The van der Waals surface area contributed by atoms with Crippen LogP contribution in [0, 0.1) is 0 Å². The van der Waals surface area contributed by atoms with E-state index in [0.29, 0.717) is 17.4 Å². The van der Waals surface area contributed by atoms with E-state index in [1.807, 2.05) is 12.1 Å². The minimum atomic E-state index is 0.283. The van der Waals surface area contributed by atoms with Crippen molar-refractivity contribution < 1.29 is 4.42 Å². The van der Waals surface area contributed by atoms with Crippen LogP contribution in [0.15, 0.2) is 28.9 Å². The summed E-state index contributed by atoms with van der Waals surface area (Å²) in [5, 5.41) is 10.9. The smallest absolute Gasteiger partial charge is 0.174 e. The third-order valence-corrected chi connectivity index (χ3v) is 2.22. The minimum absolute atomic E-state index is 0.283. The molecule has 0 saturated carbocycles. The van der Waals surface area contributed by atoms with Crippen LogP contribution in [0.3, 0.4) is 0 Å². The van der Waals surface area contributed by atoms with Gasteiger partial charge in [-0.15, -0.1) is 10.2 Å². The molecule has 0 aromatic carbocycles. The highest BCUT2D eigenvalue weighted by Gasteiger charge is 2.04. The largest absolute Gasteiger partial charge is 0.467 e. The second-order valence-corrected chi connectivity index (χ2v) is 3.55. The second-order valence-electron chi connectivity index (χ2n) is 2.80. The lowest BCUT2D eigenvalue weighted by Crippen LogP contribution is -2.00. The molecule has 0 aliphatic carbocycles. The standard InChI is InChI=1S/C9H7Cl2N3O/c10-8-4-7(9(11)14-13-8)12-5-6-2-1-3-15-6/h1-4H,5H2,(H,12,13). The van der Waals surface area contributed by atoms with Gasteiger partial charge in [-0.3, -0.25) is 0 Å². The second kappa shape index (κ2) is 4.51. The van der Waals surface area contributed by atoms with Gasteiger partial charge in [0.25, 0.3) is 0 Å². The molecule has 0 atom stereocenters. The van der Waals surface area contributed by atoms with Crippen LogP contribution in [-0.2, 0) is 6.54 Å². The number of nitrogens with one attached hydrogen (secondary N) is 1. The predicted octanol–water partition coefficient (Wildman–Crippen LogP) is 2.99. The Kier molecular flexibility index (Phi) is 3.08. The van der Waals surface area contributed by atoms with Gasteiger partial charge in [-0.1, -0.05) is 23.2 Å². The van der Waals surface area contributed by atoms with E-state index in [1.165, 1.54) is 0 Å². The van der Waals surface area contributed by atoms with Crippen molar-refractivity contribution in [2.75, 3.05) is 5.32 Å². The Morgan fingerprint density at radius 2 is 2.20 bits per heavy atom. The molecule has 2 aromatic heterocycles. The van der Waals surface area contributed by atoms with Gasteiger partial charge in [-0.05, 0) is 12.1 Å². The third kappa shape index (κ3) is 2.61. The van der Waals surface area contributed by atoms with Gasteiger partial charge in [0.15, 0.2) is 10.3 Å². The molecule has 0 unspecified atom stereocenters. The number of nitrogens with zero attached hydrogens (tertiary/aromatic N) is 2. The summed E-state index contributed by atoms with van der Waals surface area (Å²) >= 11 is 11.5. The molecule has 0 saturated heterocycles. The summed E-state index contributed by atoms with van der Waals surface area (Å²) in [6.07, 6.45) is 1.61. The monoisotopic (exact) mass is 243 g/mol. The molecule has 78 valence electrons. The Labute approximate surface area is 96.2 Å². The van der Waals surface area contributed by atoms with Crippen LogP contribution in [0.4, 0.5) is 5.69 Å². The molecule has 0 aliphatic heterocycles. The fraction of sp³-hybridized carbons (Fsp3) is 0.111. The number of anilines is 1. The fourth-order valence-corrected chi connectivity index (χ4v) is 1.38. The maximum Gasteiger partial charge on any atom is 0.174 e. The van der Waals surface area contributed by atoms with Gasteiger partial charge >= 0.3 is 0 Å². The number of hydrogen-bond donors (Lipinski definition) is 1. The molecule has 0 amide bonds. The molecule has 2 rings (SSSR count). The van der Waals surface area contributed by atoms with Crippen LogP contribution in [0.1, 0.15) is 5.76 Å².